The van der Waals surface area contributed by atoms with Crippen molar-refractivity contribution in [3.63, 3.8) is 0 Å². The van der Waals surface area contributed by atoms with Crippen LogP contribution in [0.4, 0.5) is 5.82 Å². The Kier molecular flexibility index (Phi) is 9.53. The molecule has 0 atom stereocenters. The highest BCUT2D eigenvalue weighted by molar-refractivity contribution is 5.93. The molecule has 5 N–H and O–H groups in total. The molecular formula is C15H20Cl2N4O3. The minimum Gasteiger partial charge on any atom is -0.480 e. The van der Waals surface area contributed by atoms with Crippen LogP contribution in [0, 0.1) is 0 Å². The van der Waals surface area contributed by atoms with Gasteiger partial charge in [-0.3, -0.25) is 9.59 Å². The zero-order valence-corrected chi connectivity index (χ0v) is 14.5. The van der Waals surface area contributed by atoms with Gasteiger partial charge in [0.1, 0.15) is 12.4 Å². The average Bonchev–Trinajstić information content (AvgIpc) is 3.16. The molecule has 1 amide bonds. The van der Waals surface area contributed by atoms with Gasteiger partial charge in [0.25, 0.3) is 0 Å². The molecule has 0 radical (unpaired) electrons. The van der Waals surface area contributed by atoms with E-state index < -0.39 is 5.97 Å². The number of H-pyrrole nitrogens is 1. The van der Waals surface area contributed by atoms with E-state index in [0.29, 0.717) is 11.4 Å². The van der Waals surface area contributed by atoms with Crippen molar-refractivity contribution in [1.82, 2.24) is 9.97 Å². The summed E-state index contributed by atoms with van der Waals surface area (Å²) in [4.78, 5) is 27.3. The summed E-state index contributed by atoms with van der Waals surface area (Å²) in [6.07, 6.45) is 6.51. The lowest BCUT2D eigenvalue weighted by Crippen LogP contribution is -2.12. The van der Waals surface area contributed by atoms with Crippen molar-refractivity contribution >= 4 is 42.5 Å². The molecule has 1 aliphatic rings. The minimum atomic E-state index is -0.900. The van der Waals surface area contributed by atoms with Crippen LogP contribution < -0.4 is 11.1 Å². The number of hydrogen-bond acceptors (Lipinski definition) is 4. The number of hydrogen-bond donors (Lipinski definition) is 4. The summed E-state index contributed by atoms with van der Waals surface area (Å²) in [5, 5.41) is 10.8. The number of carbonyl (C=O) groups excluding carboxylic acids is 1. The lowest BCUT2D eigenvalue weighted by molar-refractivity contribution is -0.134. The molecule has 24 heavy (non-hydrogen) atoms. The molecule has 132 valence electrons. The molecule has 2 aromatic rings. The van der Waals surface area contributed by atoms with Crippen molar-refractivity contribution in [1.29, 1.82) is 0 Å². The maximum absolute atomic E-state index is 10.8. The third kappa shape index (κ3) is 6.47. The van der Waals surface area contributed by atoms with E-state index in [0.717, 1.165) is 12.8 Å². The van der Waals surface area contributed by atoms with Crippen LogP contribution in [0.5, 0.6) is 0 Å². The molecule has 1 aliphatic carbocycles. The van der Waals surface area contributed by atoms with E-state index in [1.807, 2.05) is 18.2 Å². The van der Waals surface area contributed by atoms with Gasteiger partial charge in [0, 0.05) is 11.8 Å². The van der Waals surface area contributed by atoms with Gasteiger partial charge >= 0.3 is 5.97 Å². The SMILES string of the molecule is Cl.Cl.NC(=O)c1ccc2c(c1)CCC2.O=C(O)CNc1c[nH]cn1. The Morgan fingerprint density at radius 2 is 1.96 bits per heavy atom. The average molecular weight is 375 g/mol. The highest BCUT2D eigenvalue weighted by atomic mass is 35.5. The van der Waals surface area contributed by atoms with Gasteiger partial charge in [-0.05, 0) is 42.5 Å². The number of carboxylic acids is 1. The maximum atomic E-state index is 10.8. The number of nitrogens with two attached hydrogens (primary N) is 1. The lowest BCUT2D eigenvalue weighted by atomic mass is 10.1. The normalized spacial score (nSPS) is 11.0. The number of carboxylic acid groups (broad SMARTS) is 1. The molecule has 0 aliphatic heterocycles. The third-order valence-corrected chi connectivity index (χ3v) is 3.30. The fraction of sp³-hybridized carbons (Fsp3) is 0.267. The standard InChI is InChI=1S/C10H11NO.C5H7N3O2.2ClH/c11-10(12)9-5-4-7-2-1-3-8(7)6-9;9-5(10)2-7-4-1-6-3-8-4;;/h4-6H,1-3H2,(H2,11,12);1,3,7H,2H2,(H,6,8)(H,9,10);2*1H. The van der Waals surface area contributed by atoms with Crippen LogP contribution in [-0.2, 0) is 17.6 Å². The Morgan fingerprint density at radius 3 is 2.54 bits per heavy atom. The van der Waals surface area contributed by atoms with E-state index in [1.165, 1.54) is 23.9 Å². The Bertz CT molecular complexity index is 663. The predicted octanol–water partition coefficient (Wildman–Crippen LogP) is 2.02. The fourth-order valence-electron chi connectivity index (χ4n) is 2.25. The first-order valence-corrected chi connectivity index (χ1v) is 6.92. The Morgan fingerprint density at radius 1 is 1.25 bits per heavy atom. The molecule has 3 rings (SSSR count). The number of benzene rings is 1. The summed E-state index contributed by atoms with van der Waals surface area (Å²) in [5.41, 5.74) is 8.48. The molecule has 7 nitrogen and oxygen atoms in total. The van der Waals surface area contributed by atoms with Gasteiger partial charge in [-0.25, -0.2) is 4.98 Å². The second-order valence-corrected chi connectivity index (χ2v) is 4.90. The van der Waals surface area contributed by atoms with Crippen LogP contribution in [0.15, 0.2) is 30.7 Å². The predicted molar refractivity (Wildman–Crippen MR) is 96.2 cm³/mol. The number of aryl methyl sites for hydroxylation is 2. The van der Waals surface area contributed by atoms with Crippen molar-refractivity contribution < 1.29 is 14.7 Å². The minimum absolute atomic E-state index is 0. The number of nitrogens with zero attached hydrogens (tertiary/aromatic N) is 1. The molecule has 0 saturated carbocycles. The number of aromatic nitrogens is 2. The monoisotopic (exact) mass is 374 g/mol. The van der Waals surface area contributed by atoms with Crippen LogP contribution in [0.3, 0.4) is 0 Å². The van der Waals surface area contributed by atoms with E-state index in [1.54, 1.807) is 6.20 Å². The highest BCUT2D eigenvalue weighted by Gasteiger charge is 2.11. The summed E-state index contributed by atoms with van der Waals surface area (Å²) in [5.74, 6) is -0.685. The second-order valence-electron chi connectivity index (χ2n) is 4.90. The lowest BCUT2D eigenvalue weighted by Gasteiger charge is -2.00. The van der Waals surface area contributed by atoms with Crippen molar-refractivity contribution in [3.8, 4) is 0 Å². The number of aliphatic carboxylic acids is 1. The van der Waals surface area contributed by atoms with Gasteiger partial charge in [-0.15, -0.1) is 24.8 Å². The number of aromatic amines is 1. The van der Waals surface area contributed by atoms with Gasteiger partial charge in [-0.1, -0.05) is 6.07 Å². The molecule has 1 heterocycles. The van der Waals surface area contributed by atoms with E-state index >= 15 is 0 Å². The Labute approximate surface area is 151 Å². The summed E-state index contributed by atoms with van der Waals surface area (Å²) in [7, 11) is 0. The molecule has 1 aromatic heterocycles. The molecular weight excluding hydrogens is 355 g/mol. The molecule has 0 saturated heterocycles. The van der Waals surface area contributed by atoms with E-state index in [2.05, 4.69) is 15.3 Å². The summed E-state index contributed by atoms with van der Waals surface area (Å²) in [6.45, 7) is -0.106. The molecule has 9 heteroatoms. The summed E-state index contributed by atoms with van der Waals surface area (Å²) >= 11 is 0. The van der Waals surface area contributed by atoms with Crippen molar-refractivity contribution in [2.45, 2.75) is 19.3 Å². The quantitative estimate of drug-likeness (QED) is 0.652. The summed E-state index contributed by atoms with van der Waals surface area (Å²) in [6, 6.07) is 5.75. The molecule has 0 spiro atoms. The smallest absolute Gasteiger partial charge is 0.322 e. The van der Waals surface area contributed by atoms with Crippen LogP contribution in [0.25, 0.3) is 0 Å². The topological polar surface area (TPSA) is 121 Å². The number of halogens is 2. The fourth-order valence-corrected chi connectivity index (χ4v) is 2.25. The van der Waals surface area contributed by atoms with Crippen LogP contribution in [-0.4, -0.2) is 33.5 Å². The number of primary amides is 1. The zero-order chi connectivity index (χ0) is 15.9. The molecule has 0 fully saturated rings. The first-order valence-electron chi connectivity index (χ1n) is 6.92. The number of fused-ring (bicyclic) bond motifs is 1. The van der Waals surface area contributed by atoms with Gasteiger partial charge in [-0.2, -0.15) is 0 Å². The van der Waals surface area contributed by atoms with E-state index in [-0.39, 0.29) is 37.3 Å². The largest absolute Gasteiger partial charge is 0.480 e. The first-order chi connectivity index (χ1) is 10.6. The number of imidazole rings is 1. The van der Waals surface area contributed by atoms with Crippen LogP contribution >= 0.6 is 24.8 Å². The van der Waals surface area contributed by atoms with Crippen molar-refractivity contribution in [2.75, 3.05) is 11.9 Å². The van der Waals surface area contributed by atoms with E-state index in [9.17, 15) is 9.59 Å². The Hall–Kier alpha value is -2.25. The number of nitrogens with one attached hydrogen (secondary N) is 2. The van der Waals surface area contributed by atoms with Gasteiger partial charge in [0.2, 0.25) is 5.91 Å². The van der Waals surface area contributed by atoms with E-state index in [4.69, 9.17) is 10.8 Å². The van der Waals surface area contributed by atoms with Crippen molar-refractivity contribution in [2.24, 2.45) is 5.73 Å². The third-order valence-electron chi connectivity index (χ3n) is 3.30. The van der Waals surface area contributed by atoms with Gasteiger partial charge in [0.05, 0.1) is 6.33 Å². The second kappa shape index (κ2) is 10.5. The number of anilines is 1. The van der Waals surface area contributed by atoms with Crippen molar-refractivity contribution in [3.05, 3.63) is 47.4 Å². The zero-order valence-electron chi connectivity index (χ0n) is 12.8. The highest BCUT2D eigenvalue weighted by Crippen LogP contribution is 2.22. The first kappa shape index (κ1) is 21.8. The number of rotatable bonds is 4. The van der Waals surface area contributed by atoms with Gasteiger partial charge in [0.15, 0.2) is 0 Å². The summed E-state index contributed by atoms with van der Waals surface area (Å²) < 4.78 is 0. The Balaban J connectivity index is 0.000000413. The number of amides is 1. The molecule has 0 bridgehead atoms. The van der Waals surface area contributed by atoms with Crippen LogP contribution in [0.1, 0.15) is 27.9 Å². The molecule has 0 unspecified atom stereocenters. The maximum Gasteiger partial charge on any atom is 0.322 e. The van der Waals surface area contributed by atoms with Gasteiger partial charge < -0.3 is 21.1 Å². The molecule has 1 aromatic carbocycles. The van der Waals surface area contributed by atoms with Crippen LogP contribution in [0.2, 0.25) is 0 Å². The number of carbonyl (C=O) groups is 2.